The highest BCUT2D eigenvalue weighted by Gasteiger charge is 2.04. The fourth-order valence-corrected chi connectivity index (χ4v) is 2.03. The van der Waals surface area contributed by atoms with Gasteiger partial charge in [-0.05, 0) is 30.3 Å². The molecule has 1 aromatic carbocycles. The molecule has 0 bridgehead atoms. The van der Waals surface area contributed by atoms with E-state index in [-0.39, 0.29) is 4.99 Å². The Labute approximate surface area is 123 Å². The highest BCUT2D eigenvalue weighted by molar-refractivity contribution is 9.10. The molecule has 0 aliphatic carbocycles. The van der Waals surface area contributed by atoms with E-state index in [4.69, 9.17) is 29.6 Å². The summed E-state index contributed by atoms with van der Waals surface area (Å²) in [5, 5.41) is 3.82. The summed E-state index contributed by atoms with van der Waals surface area (Å²) in [5.41, 5.74) is 7.73. The molecule has 3 N–H and O–H groups in total. The summed E-state index contributed by atoms with van der Waals surface area (Å²) in [6.07, 6.45) is 1.64. The number of anilines is 2. The van der Waals surface area contributed by atoms with Crippen LogP contribution in [-0.4, -0.2) is 9.97 Å². The molecule has 0 fully saturated rings. The predicted molar refractivity (Wildman–Crippen MR) is 82.6 cm³/mol. The molecule has 0 aliphatic rings. The largest absolute Gasteiger partial charge is 0.388 e. The Hall–Kier alpha value is -1.17. The van der Waals surface area contributed by atoms with Crippen LogP contribution in [0.2, 0.25) is 5.02 Å². The molecule has 2 rings (SSSR count). The zero-order valence-electron chi connectivity index (χ0n) is 9.15. The lowest BCUT2D eigenvalue weighted by Gasteiger charge is -2.09. The third kappa shape index (κ3) is 3.19. The number of rotatable bonds is 3. The van der Waals surface area contributed by atoms with Crippen LogP contribution < -0.4 is 11.1 Å². The minimum absolute atomic E-state index is 0.263. The summed E-state index contributed by atoms with van der Waals surface area (Å²) in [6, 6.07) is 9.17. The maximum absolute atomic E-state index is 6.10. The van der Waals surface area contributed by atoms with E-state index in [1.165, 1.54) is 0 Å². The van der Waals surface area contributed by atoms with Gasteiger partial charge in [-0.25, -0.2) is 0 Å². The van der Waals surface area contributed by atoms with Crippen LogP contribution >= 0.6 is 39.7 Å². The Balaban J connectivity index is 2.31. The average Bonchev–Trinajstić information content (AvgIpc) is 2.34. The Kier molecular flexibility index (Phi) is 4.16. The molecule has 0 amide bonds. The predicted octanol–water partition coefficient (Wildman–Crippen LogP) is 3.88. The summed E-state index contributed by atoms with van der Waals surface area (Å²) in [4.78, 5) is 4.34. The standard InChI is InChI=1S/C12H9BrClN3S/c13-7-1-2-9(14)10(5-7)17-8-3-4-16-11(6-8)12(15)18/h1-6H,(H2,15,18)(H,16,17). The molecular weight excluding hydrogens is 334 g/mol. The van der Waals surface area contributed by atoms with Crippen LogP contribution in [0.5, 0.6) is 0 Å². The normalized spacial score (nSPS) is 10.1. The van der Waals surface area contributed by atoms with Gasteiger partial charge in [0, 0.05) is 16.4 Å². The summed E-state index contributed by atoms with van der Waals surface area (Å²) in [7, 11) is 0. The van der Waals surface area contributed by atoms with Gasteiger partial charge in [-0.1, -0.05) is 39.7 Å². The van der Waals surface area contributed by atoms with Crippen molar-refractivity contribution in [1.29, 1.82) is 0 Å². The number of nitrogens with one attached hydrogen (secondary N) is 1. The van der Waals surface area contributed by atoms with Crippen LogP contribution in [0.3, 0.4) is 0 Å². The van der Waals surface area contributed by atoms with Crippen LogP contribution in [0.1, 0.15) is 5.69 Å². The number of nitrogens with two attached hydrogens (primary N) is 1. The van der Waals surface area contributed by atoms with Crippen LogP contribution in [0.4, 0.5) is 11.4 Å². The fraction of sp³-hybridized carbons (Fsp3) is 0. The van der Waals surface area contributed by atoms with Gasteiger partial charge in [-0.2, -0.15) is 0 Å². The Morgan fingerprint density at radius 1 is 1.33 bits per heavy atom. The third-order valence-corrected chi connectivity index (χ3v) is 3.25. The first kappa shape index (κ1) is 13.3. The second-order valence-electron chi connectivity index (χ2n) is 3.54. The third-order valence-electron chi connectivity index (χ3n) is 2.22. The van der Waals surface area contributed by atoms with E-state index >= 15 is 0 Å². The van der Waals surface area contributed by atoms with Crippen LogP contribution in [-0.2, 0) is 0 Å². The number of hydrogen-bond acceptors (Lipinski definition) is 3. The van der Waals surface area contributed by atoms with Crippen LogP contribution in [0, 0.1) is 0 Å². The number of halogens is 2. The first-order valence-corrected chi connectivity index (χ1v) is 6.62. The van der Waals surface area contributed by atoms with Crippen molar-refractivity contribution in [1.82, 2.24) is 4.98 Å². The highest BCUT2D eigenvalue weighted by atomic mass is 79.9. The lowest BCUT2D eigenvalue weighted by molar-refractivity contribution is 1.29. The Bertz CT molecular complexity index is 604. The first-order chi connectivity index (χ1) is 8.56. The SMILES string of the molecule is NC(=S)c1cc(Nc2cc(Br)ccc2Cl)ccn1. The van der Waals surface area contributed by atoms with Crippen molar-refractivity contribution in [3.8, 4) is 0 Å². The molecule has 0 unspecified atom stereocenters. The highest BCUT2D eigenvalue weighted by Crippen LogP contribution is 2.28. The molecule has 3 nitrogen and oxygen atoms in total. The van der Waals surface area contributed by atoms with Gasteiger partial charge in [-0.3, -0.25) is 4.98 Å². The van der Waals surface area contributed by atoms with Gasteiger partial charge in [0.2, 0.25) is 0 Å². The van der Waals surface area contributed by atoms with Crippen molar-refractivity contribution in [2.45, 2.75) is 0 Å². The van der Waals surface area contributed by atoms with Gasteiger partial charge in [0.1, 0.15) is 4.99 Å². The first-order valence-electron chi connectivity index (χ1n) is 5.04. The second-order valence-corrected chi connectivity index (χ2v) is 5.31. The molecule has 2 aromatic rings. The van der Waals surface area contributed by atoms with Gasteiger partial charge in [0.15, 0.2) is 0 Å². The zero-order valence-corrected chi connectivity index (χ0v) is 12.3. The molecule has 92 valence electrons. The lowest BCUT2D eigenvalue weighted by Crippen LogP contribution is -2.11. The van der Waals surface area contributed by atoms with E-state index in [9.17, 15) is 0 Å². The lowest BCUT2D eigenvalue weighted by atomic mass is 10.2. The van der Waals surface area contributed by atoms with Crippen molar-refractivity contribution < 1.29 is 0 Å². The van der Waals surface area contributed by atoms with Crippen molar-refractivity contribution in [3.05, 3.63) is 51.7 Å². The molecule has 1 heterocycles. The van der Waals surface area contributed by atoms with Crippen molar-refractivity contribution in [2.75, 3.05) is 5.32 Å². The quantitative estimate of drug-likeness (QED) is 0.831. The molecule has 0 spiro atoms. The van der Waals surface area contributed by atoms with Crippen molar-refractivity contribution in [2.24, 2.45) is 5.73 Å². The second kappa shape index (κ2) is 5.65. The molecule has 18 heavy (non-hydrogen) atoms. The van der Waals surface area contributed by atoms with E-state index in [0.29, 0.717) is 10.7 Å². The van der Waals surface area contributed by atoms with E-state index in [2.05, 4.69) is 26.2 Å². The maximum Gasteiger partial charge on any atom is 0.122 e. The monoisotopic (exact) mass is 341 g/mol. The molecule has 0 saturated heterocycles. The fourth-order valence-electron chi connectivity index (χ4n) is 1.39. The zero-order chi connectivity index (χ0) is 13.1. The Morgan fingerprint density at radius 3 is 2.83 bits per heavy atom. The van der Waals surface area contributed by atoms with Gasteiger partial charge < -0.3 is 11.1 Å². The van der Waals surface area contributed by atoms with Gasteiger partial charge in [0.25, 0.3) is 0 Å². The number of benzene rings is 1. The van der Waals surface area contributed by atoms with Gasteiger partial charge in [-0.15, -0.1) is 0 Å². The van der Waals surface area contributed by atoms with E-state index < -0.39 is 0 Å². The minimum atomic E-state index is 0.263. The molecular formula is C12H9BrClN3S. The summed E-state index contributed by atoms with van der Waals surface area (Å²) in [5.74, 6) is 0. The molecule has 6 heteroatoms. The smallest absolute Gasteiger partial charge is 0.122 e. The number of aromatic nitrogens is 1. The van der Waals surface area contributed by atoms with Crippen molar-refractivity contribution in [3.63, 3.8) is 0 Å². The minimum Gasteiger partial charge on any atom is -0.388 e. The number of hydrogen-bond donors (Lipinski definition) is 2. The molecule has 0 atom stereocenters. The van der Waals surface area contributed by atoms with Crippen molar-refractivity contribution >= 4 is 56.1 Å². The number of nitrogens with zero attached hydrogens (tertiary/aromatic N) is 1. The molecule has 0 radical (unpaired) electrons. The topological polar surface area (TPSA) is 50.9 Å². The van der Waals surface area contributed by atoms with Crippen LogP contribution in [0.15, 0.2) is 41.0 Å². The van der Waals surface area contributed by atoms with E-state index in [1.807, 2.05) is 24.3 Å². The summed E-state index contributed by atoms with van der Waals surface area (Å²) < 4.78 is 0.943. The van der Waals surface area contributed by atoms with Gasteiger partial charge in [0.05, 0.1) is 16.4 Å². The molecule has 0 aliphatic heterocycles. The number of thiocarbonyl (C=S) groups is 1. The maximum atomic E-state index is 6.10. The van der Waals surface area contributed by atoms with Gasteiger partial charge >= 0.3 is 0 Å². The van der Waals surface area contributed by atoms with E-state index in [1.54, 1.807) is 12.3 Å². The molecule has 0 saturated carbocycles. The Morgan fingerprint density at radius 2 is 2.11 bits per heavy atom. The summed E-state index contributed by atoms with van der Waals surface area (Å²) in [6.45, 7) is 0. The van der Waals surface area contributed by atoms with E-state index in [0.717, 1.165) is 15.8 Å². The number of pyridine rings is 1. The van der Waals surface area contributed by atoms with Crippen LogP contribution in [0.25, 0.3) is 0 Å². The average molecular weight is 343 g/mol. The summed E-state index contributed by atoms with van der Waals surface area (Å²) >= 11 is 14.4. The molecule has 1 aromatic heterocycles.